The van der Waals surface area contributed by atoms with Gasteiger partial charge in [-0.05, 0) is 43.7 Å². The van der Waals surface area contributed by atoms with E-state index in [2.05, 4.69) is 85.4 Å². The van der Waals surface area contributed by atoms with Crippen molar-refractivity contribution in [2.24, 2.45) is 0 Å². The summed E-state index contributed by atoms with van der Waals surface area (Å²) in [5.41, 5.74) is 3.62. The van der Waals surface area contributed by atoms with Crippen LogP contribution in [0.5, 0.6) is 0 Å². The summed E-state index contributed by atoms with van der Waals surface area (Å²) in [6.07, 6.45) is 2.12. The van der Waals surface area contributed by atoms with Crippen molar-refractivity contribution in [3.63, 3.8) is 0 Å². The second-order valence-electron chi connectivity index (χ2n) is 6.56. The van der Waals surface area contributed by atoms with E-state index < -0.39 is 10.2 Å². The van der Waals surface area contributed by atoms with Crippen LogP contribution in [0.25, 0.3) is 17.4 Å². The molecule has 1 aromatic rings. The molecule has 1 N–H and O–H groups in total. The van der Waals surface area contributed by atoms with E-state index in [4.69, 9.17) is 23.1 Å². The van der Waals surface area contributed by atoms with Gasteiger partial charge in [-0.3, -0.25) is 0 Å². The monoisotopic (exact) mass is 448 g/mol. The third-order valence-corrected chi connectivity index (χ3v) is 5.58. The Morgan fingerprint density at radius 2 is 1.80 bits per heavy atom. The molecule has 0 radical (unpaired) electrons. The molecular formula is C21H21ClN2O5S. The van der Waals surface area contributed by atoms with Gasteiger partial charge in [-0.25, -0.2) is 23.6 Å². The molecule has 0 fully saturated rings. The predicted octanol–water partition coefficient (Wildman–Crippen LogP) is -1.52. The van der Waals surface area contributed by atoms with Gasteiger partial charge >= 0.3 is 0 Å². The molecule has 30 heavy (non-hydrogen) atoms. The van der Waals surface area contributed by atoms with Gasteiger partial charge in [0.05, 0.1) is 16.8 Å². The summed E-state index contributed by atoms with van der Waals surface area (Å²) in [5, 5.41) is 2.26. The molecule has 0 spiro atoms. The van der Waals surface area contributed by atoms with Crippen LogP contribution >= 0.6 is 11.8 Å². The van der Waals surface area contributed by atoms with Gasteiger partial charge in [0, 0.05) is 29.6 Å². The number of thioether (sulfide) groups is 1. The molecule has 0 aromatic heterocycles. The first-order valence-electron chi connectivity index (χ1n) is 9.11. The molecule has 0 amide bonds. The van der Waals surface area contributed by atoms with E-state index in [9.17, 15) is 0 Å². The number of anilines is 1. The smallest absolute Gasteiger partial charge is 0.202 e. The Morgan fingerprint density at radius 1 is 1.10 bits per heavy atom. The first-order valence-corrected chi connectivity index (χ1v) is 11.2. The minimum atomic E-state index is -4.94. The average Bonchev–Trinajstić information content (AvgIpc) is 2.96. The highest BCUT2D eigenvalue weighted by Crippen LogP contribution is 2.45. The van der Waals surface area contributed by atoms with Crippen molar-refractivity contribution >= 4 is 23.5 Å². The molecule has 2 heterocycles. The third-order valence-electron chi connectivity index (χ3n) is 4.41. The number of benzene rings is 2. The number of fused-ring (bicyclic) bond motifs is 2. The lowest BCUT2D eigenvalue weighted by Gasteiger charge is -2.17. The quantitative estimate of drug-likeness (QED) is 0.505. The fraction of sp³-hybridized carbons (Fsp3) is 0.190. The molecule has 1 aromatic carbocycles. The van der Waals surface area contributed by atoms with Crippen molar-refractivity contribution in [1.29, 1.82) is 0 Å². The molecule has 9 heteroatoms. The minimum Gasteiger partial charge on any atom is -0.456 e. The Labute approximate surface area is 180 Å². The predicted molar refractivity (Wildman–Crippen MR) is 103 cm³/mol. The number of aryl methyl sites for hydroxylation is 1. The molecule has 0 unspecified atom stereocenters. The van der Waals surface area contributed by atoms with Crippen molar-refractivity contribution < 1.29 is 38.3 Å². The zero-order valence-corrected chi connectivity index (χ0v) is 18.3. The lowest BCUT2D eigenvalue weighted by Crippen LogP contribution is -2.75. The summed E-state index contributed by atoms with van der Waals surface area (Å²) in [6.45, 7) is 5.12. The summed E-state index contributed by atoms with van der Waals surface area (Å²) >= 11 is 1.78. The van der Waals surface area contributed by atoms with Crippen LogP contribution < -0.4 is 33.9 Å². The second-order valence-corrected chi connectivity index (χ2v) is 8.38. The lowest BCUT2D eigenvalue weighted by molar-refractivity contribution is -2.00. The Bertz CT molecular complexity index is 1100. The summed E-state index contributed by atoms with van der Waals surface area (Å²) in [4.78, 5) is 6.84. The normalized spacial score (nSPS) is 15.4. The lowest BCUT2D eigenvalue weighted by atomic mass is 10.0. The van der Waals surface area contributed by atoms with E-state index in [0.717, 1.165) is 29.0 Å². The molecule has 7 nitrogen and oxygen atoms in total. The Balaban J connectivity index is 0.000000461. The Hall–Kier alpha value is -2.33. The maximum Gasteiger partial charge on any atom is 0.202 e. The van der Waals surface area contributed by atoms with Gasteiger partial charge < -0.3 is 9.32 Å². The number of hydrogen-bond donors (Lipinski definition) is 1. The van der Waals surface area contributed by atoms with Gasteiger partial charge in [0.1, 0.15) is 18.1 Å². The molecular weight excluding hydrogens is 428 g/mol. The number of nitrogens with one attached hydrogen (secondary N) is 1. The van der Waals surface area contributed by atoms with Crippen molar-refractivity contribution in [2.75, 3.05) is 18.5 Å². The van der Waals surface area contributed by atoms with Crippen molar-refractivity contribution in [1.82, 2.24) is 0 Å². The second kappa shape index (κ2) is 9.22. The maximum atomic E-state index is 8.49. The van der Waals surface area contributed by atoms with E-state index in [-0.39, 0.29) is 0 Å². The van der Waals surface area contributed by atoms with Gasteiger partial charge in [0.2, 0.25) is 5.36 Å². The van der Waals surface area contributed by atoms with Crippen LogP contribution in [0.3, 0.4) is 0 Å². The van der Waals surface area contributed by atoms with Crippen LogP contribution in [-0.4, -0.2) is 13.6 Å². The average molecular weight is 449 g/mol. The van der Waals surface area contributed by atoms with Gasteiger partial charge in [-0.2, -0.15) is 0 Å². The summed E-state index contributed by atoms with van der Waals surface area (Å²) in [5.74, 6) is 1.79. The van der Waals surface area contributed by atoms with Crippen LogP contribution in [0, 0.1) is 17.2 Å². The number of para-hydroxylation sites is 1. The van der Waals surface area contributed by atoms with Crippen molar-refractivity contribution in [3.05, 3.63) is 70.2 Å². The maximum absolute atomic E-state index is 8.49. The van der Waals surface area contributed by atoms with Gasteiger partial charge in [-0.1, -0.05) is 23.9 Å². The van der Waals surface area contributed by atoms with E-state index in [1.165, 1.54) is 21.2 Å². The molecule has 1 aliphatic carbocycles. The molecule has 0 atom stereocenters. The van der Waals surface area contributed by atoms with Crippen molar-refractivity contribution in [2.45, 2.75) is 18.7 Å². The molecule has 2 aliphatic heterocycles. The molecule has 0 saturated heterocycles. The molecule has 0 saturated carbocycles. The molecule has 3 aliphatic rings. The summed E-state index contributed by atoms with van der Waals surface area (Å²) < 4.78 is 40.2. The highest BCUT2D eigenvalue weighted by atomic mass is 35.7. The Morgan fingerprint density at radius 3 is 2.47 bits per heavy atom. The molecule has 4 rings (SSSR count). The zero-order valence-electron chi connectivity index (χ0n) is 16.7. The zero-order chi connectivity index (χ0) is 21.9. The highest BCUT2D eigenvalue weighted by molar-refractivity contribution is 8.03. The van der Waals surface area contributed by atoms with Crippen LogP contribution in [0.15, 0.2) is 62.9 Å². The topological polar surface area (TPSA) is 123 Å². The first kappa shape index (κ1) is 22.4. The molecule has 0 bridgehead atoms. The van der Waals surface area contributed by atoms with E-state index in [1.54, 1.807) is 11.8 Å². The number of halogens is 1. The number of nitrogens with zero attached hydrogens (tertiary/aromatic N) is 1. The van der Waals surface area contributed by atoms with Crippen LogP contribution in [-0.2, 0) is 0 Å². The van der Waals surface area contributed by atoms with Gasteiger partial charge in [-0.15, -0.1) is 10.2 Å². The first-order chi connectivity index (χ1) is 14.2. The largest absolute Gasteiger partial charge is 0.456 e. The summed E-state index contributed by atoms with van der Waals surface area (Å²) in [6, 6.07) is 16.9. The van der Waals surface area contributed by atoms with Crippen LogP contribution in [0.2, 0.25) is 0 Å². The highest BCUT2D eigenvalue weighted by Gasteiger charge is 2.22. The number of rotatable bonds is 2. The van der Waals surface area contributed by atoms with Gasteiger partial charge in [0.25, 0.3) is 0 Å². The fourth-order valence-electron chi connectivity index (χ4n) is 3.13. The Kier molecular flexibility index (Phi) is 6.87. The van der Waals surface area contributed by atoms with E-state index in [1.807, 2.05) is 0 Å². The van der Waals surface area contributed by atoms with Crippen LogP contribution in [0.1, 0.15) is 18.2 Å². The standard InChI is InChI=1S/C21H20N2OS.ClHO4/c1-4-22-15-9-10-17-14(2)11-16(24-19(17)12-15)13-21-23(3)18-7-5-6-8-20(18)25-21;2-1(3,4)5/h5-13H,4H2,1-3H3;(H,2,3,4,5)/b21-13+,22-15?;. The van der Waals surface area contributed by atoms with E-state index >= 15 is 0 Å². The third kappa shape index (κ3) is 5.63. The van der Waals surface area contributed by atoms with Crippen molar-refractivity contribution in [3.8, 4) is 11.3 Å². The SMILES string of the molecule is CC[NH+]=c1ccc2c(C)cc(/C=C3/Sc4ccccc4N3C)oc-2c1.[O-][Cl+3]([O-])([O-])[O-]. The minimum absolute atomic E-state index is 0.876. The van der Waals surface area contributed by atoms with E-state index in [0.29, 0.717) is 0 Å². The van der Waals surface area contributed by atoms with Gasteiger partial charge in [0.15, 0.2) is 0 Å². The molecule has 158 valence electrons. The van der Waals surface area contributed by atoms with Crippen LogP contribution in [0.4, 0.5) is 5.69 Å². The summed E-state index contributed by atoms with van der Waals surface area (Å²) in [7, 11) is -2.85. The fourth-order valence-corrected chi connectivity index (χ4v) is 4.23. The number of hydrogen-bond acceptors (Lipinski definition) is 7.